The fourth-order valence-electron chi connectivity index (χ4n) is 1.73. The van der Waals surface area contributed by atoms with Gasteiger partial charge in [-0.2, -0.15) is 0 Å². The molecule has 0 aromatic heterocycles. The van der Waals surface area contributed by atoms with E-state index < -0.39 is 46.7 Å². The normalized spacial score (nSPS) is 40.8. The number of rotatable bonds is 4. The van der Waals surface area contributed by atoms with Crippen LogP contribution in [0, 0.1) is 0 Å². The Morgan fingerprint density at radius 2 is 1.83 bits per heavy atom. The average Bonchev–Trinajstić information content (AvgIpc) is 2.31. The Hall–Kier alpha value is 0.680. The molecule has 0 spiro atoms. The van der Waals surface area contributed by atoms with E-state index in [1.54, 1.807) is 0 Å². The molecule has 0 aliphatic carbocycles. The lowest BCUT2D eigenvalue weighted by molar-refractivity contribution is -0.312. The third kappa shape index (κ3) is 3.41. The molecule has 0 bridgehead atoms. The first-order chi connectivity index (χ1) is 8.23. The summed E-state index contributed by atoms with van der Waals surface area (Å²) in [6, 6.07) is 0. The number of halogens is 2. The van der Waals surface area contributed by atoms with Gasteiger partial charge in [0.05, 0.1) is 12.7 Å². The maximum atomic E-state index is 10.1. The lowest BCUT2D eigenvalue weighted by Crippen LogP contribution is -2.62. The summed E-state index contributed by atoms with van der Waals surface area (Å²) in [5.41, 5.74) is 0. The third-order valence-electron chi connectivity index (χ3n) is 2.83. The summed E-state index contributed by atoms with van der Waals surface area (Å²) in [5.74, 6) is -1.86. The van der Waals surface area contributed by atoms with Crippen molar-refractivity contribution in [3.05, 3.63) is 0 Å². The predicted octanol–water partition coefficient (Wildman–Crippen LogP) is -1.98. The summed E-state index contributed by atoms with van der Waals surface area (Å²) in [6.07, 6.45) is -7.74. The standard InChI is InChI=1S/C9H16Br2O7/c10-8(11)9(17)1-3(13)5(15)7(18-9)6(16)4(14)2-12/h3-8,12-17H,1-2H2/t3-,4+,5+,6+,7+,9?/m0/s1. The van der Waals surface area contributed by atoms with Crippen LogP contribution in [0.25, 0.3) is 0 Å². The second-order valence-corrected chi connectivity index (χ2v) is 7.29. The van der Waals surface area contributed by atoms with Gasteiger partial charge in [0.15, 0.2) is 5.79 Å². The number of hydrogen-bond acceptors (Lipinski definition) is 7. The Morgan fingerprint density at radius 3 is 2.28 bits per heavy atom. The van der Waals surface area contributed by atoms with Crippen LogP contribution in [-0.2, 0) is 4.74 Å². The molecule has 18 heavy (non-hydrogen) atoms. The second kappa shape index (κ2) is 6.42. The van der Waals surface area contributed by atoms with Gasteiger partial charge in [0.25, 0.3) is 0 Å². The highest BCUT2D eigenvalue weighted by molar-refractivity contribution is 9.24. The zero-order valence-corrected chi connectivity index (χ0v) is 12.4. The van der Waals surface area contributed by atoms with Crippen LogP contribution < -0.4 is 0 Å². The van der Waals surface area contributed by atoms with Gasteiger partial charge >= 0.3 is 0 Å². The van der Waals surface area contributed by atoms with Crippen LogP contribution in [-0.4, -0.2) is 77.3 Å². The molecule has 108 valence electrons. The average molecular weight is 396 g/mol. The van der Waals surface area contributed by atoms with E-state index in [4.69, 9.17) is 9.84 Å². The van der Waals surface area contributed by atoms with Crippen molar-refractivity contribution in [3.8, 4) is 0 Å². The molecule has 0 amide bonds. The molecule has 9 heteroatoms. The summed E-state index contributed by atoms with van der Waals surface area (Å²) >= 11 is 6.05. The van der Waals surface area contributed by atoms with Gasteiger partial charge in [-0.25, -0.2) is 0 Å². The molecule has 0 radical (unpaired) electrons. The smallest absolute Gasteiger partial charge is 0.191 e. The highest BCUT2D eigenvalue weighted by Gasteiger charge is 2.51. The fraction of sp³-hybridized carbons (Fsp3) is 1.00. The molecule has 1 rings (SSSR count). The van der Waals surface area contributed by atoms with Gasteiger partial charge in [-0.3, -0.25) is 0 Å². The van der Waals surface area contributed by atoms with Crippen LogP contribution in [0.3, 0.4) is 0 Å². The second-order valence-electron chi connectivity index (χ2n) is 4.23. The maximum absolute atomic E-state index is 10.1. The van der Waals surface area contributed by atoms with Crippen molar-refractivity contribution in [1.82, 2.24) is 0 Å². The molecule has 1 aliphatic heterocycles. The van der Waals surface area contributed by atoms with Crippen LogP contribution >= 0.6 is 31.9 Å². The van der Waals surface area contributed by atoms with Gasteiger partial charge in [-0.15, -0.1) is 0 Å². The lowest BCUT2D eigenvalue weighted by atomic mass is 9.91. The molecular weight excluding hydrogens is 380 g/mol. The molecule has 1 fully saturated rings. The van der Waals surface area contributed by atoms with E-state index in [0.717, 1.165) is 0 Å². The molecular formula is C9H16Br2O7. The summed E-state index contributed by atoms with van der Waals surface area (Å²) in [6.45, 7) is -0.742. The van der Waals surface area contributed by atoms with Gasteiger partial charge < -0.3 is 35.4 Å². The molecule has 6 N–H and O–H groups in total. The number of hydrogen-bond donors (Lipinski definition) is 6. The summed E-state index contributed by atoms with van der Waals surface area (Å²) < 4.78 is 4.38. The largest absolute Gasteiger partial charge is 0.394 e. The molecule has 1 saturated heterocycles. The van der Waals surface area contributed by atoms with Crippen LogP contribution in [0.4, 0.5) is 0 Å². The van der Waals surface area contributed by atoms with E-state index in [1.807, 2.05) is 0 Å². The van der Waals surface area contributed by atoms with Crippen molar-refractivity contribution < 1.29 is 35.4 Å². The summed E-state index contributed by atoms with van der Waals surface area (Å²) in [5, 5.41) is 57.2. The molecule has 1 unspecified atom stereocenters. The first-order valence-electron chi connectivity index (χ1n) is 5.24. The zero-order chi connectivity index (χ0) is 14.1. The number of ether oxygens (including phenoxy) is 1. The zero-order valence-electron chi connectivity index (χ0n) is 9.23. The molecule has 6 atom stereocenters. The van der Waals surface area contributed by atoms with Gasteiger partial charge in [0.2, 0.25) is 0 Å². The van der Waals surface area contributed by atoms with Crippen molar-refractivity contribution in [2.24, 2.45) is 0 Å². The quantitative estimate of drug-likeness (QED) is 0.304. The summed E-state index contributed by atoms with van der Waals surface area (Å²) in [7, 11) is 0. The van der Waals surface area contributed by atoms with E-state index in [9.17, 15) is 25.5 Å². The monoisotopic (exact) mass is 394 g/mol. The molecule has 7 nitrogen and oxygen atoms in total. The van der Waals surface area contributed by atoms with Crippen molar-refractivity contribution in [3.63, 3.8) is 0 Å². The summed E-state index contributed by atoms with van der Waals surface area (Å²) in [4.78, 5) is 0. The lowest BCUT2D eigenvalue weighted by Gasteiger charge is -2.45. The molecule has 1 aliphatic rings. The molecule has 0 saturated carbocycles. The van der Waals surface area contributed by atoms with Crippen LogP contribution in [0.1, 0.15) is 6.42 Å². The van der Waals surface area contributed by atoms with Gasteiger partial charge in [0.1, 0.15) is 28.2 Å². The van der Waals surface area contributed by atoms with Crippen LogP contribution in [0.15, 0.2) is 0 Å². The Balaban J connectivity index is 2.88. The van der Waals surface area contributed by atoms with Crippen LogP contribution in [0.5, 0.6) is 0 Å². The topological polar surface area (TPSA) is 131 Å². The highest BCUT2D eigenvalue weighted by atomic mass is 79.9. The van der Waals surface area contributed by atoms with E-state index in [0.29, 0.717) is 0 Å². The molecule has 0 aromatic carbocycles. The minimum atomic E-state index is -1.86. The Morgan fingerprint density at radius 1 is 1.28 bits per heavy atom. The first-order valence-corrected chi connectivity index (χ1v) is 7.07. The van der Waals surface area contributed by atoms with Crippen molar-refractivity contribution in [2.75, 3.05) is 6.61 Å². The number of aliphatic hydroxyl groups is 6. The minimum Gasteiger partial charge on any atom is -0.394 e. The molecule has 1 heterocycles. The Kier molecular flexibility index (Phi) is 5.97. The van der Waals surface area contributed by atoms with Crippen LogP contribution in [0.2, 0.25) is 0 Å². The maximum Gasteiger partial charge on any atom is 0.191 e. The first kappa shape index (κ1) is 16.7. The van der Waals surface area contributed by atoms with Crippen molar-refractivity contribution in [2.45, 2.75) is 46.5 Å². The predicted molar refractivity (Wildman–Crippen MR) is 67.2 cm³/mol. The van der Waals surface area contributed by atoms with E-state index in [2.05, 4.69) is 31.9 Å². The fourth-order valence-corrected chi connectivity index (χ4v) is 2.32. The van der Waals surface area contributed by atoms with E-state index >= 15 is 0 Å². The highest BCUT2D eigenvalue weighted by Crippen LogP contribution is 2.37. The van der Waals surface area contributed by atoms with Gasteiger partial charge in [-0.05, 0) is 0 Å². The van der Waals surface area contributed by atoms with Gasteiger partial charge in [0, 0.05) is 6.42 Å². The van der Waals surface area contributed by atoms with Crippen molar-refractivity contribution in [1.29, 1.82) is 0 Å². The number of aliphatic hydroxyl groups excluding tert-OH is 5. The third-order valence-corrected chi connectivity index (χ3v) is 4.26. The molecule has 0 aromatic rings. The van der Waals surface area contributed by atoms with Gasteiger partial charge in [-0.1, -0.05) is 31.9 Å². The Labute approximate surface area is 120 Å². The van der Waals surface area contributed by atoms with E-state index in [1.165, 1.54) is 0 Å². The van der Waals surface area contributed by atoms with Crippen molar-refractivity contribution >= 4 is 31.9 Å². The van der Waals surface area contributed by atoms with E-state index in [-0.39, 0.29) is 6.42 Å². The minimum absolute atomic E-state index is 0.284. The number of alkyl halides is 2. The Bertz CT molecular complexity index is 280. The SMILES string of the molecule is OC[C@@H](O)[C@@H](O)[C@@H]1OC(O)(C(Br)Br)C[C@H](O)[C@H]1O.